The summed E-state index contributed by atoms with van der Waals surface area (Å²) in [6.45, 7) is 2.94. The van der Waals surface area contributed by atoms with Crippen molar-refractivity contribution in [2.75, 3.05) is 13.1 Å². The summed E-state index contributed by atoms with van der Waals surface area (Å²) in [7, 11) is 0. The second-order valence-corrected chi connectivity index (χ2v) is 7.22. The monoisotopic (exact) mass is 366 g/mol. The van der Waals surface area contributed by atoms with Gasteiger partial charge in [-0.2, -0.15) is 0 Å². The van der Waals surface area contributed by atoms with Crippen molar-refractivity contribution >= 4 is 11.8 Å². The molecule has 5 heteroatoms. The molecule has 142 valence electrons. The summed E-state index contributed by atoms with van der Waals surface area (Å²) in [4.78, 5) is 26.6. The maximum atomic E-state index is 12.9. The second-order valence-electron chi connectivity index (χ2n) is 7.22. The van der Waals surface area contributed by atoms with Gasteiger partial charge in [0.1, 0.15) is 0 Å². The molecule has 1 aliphatic heterocycles. The lowest BCUT2D eigenvalue weighted by Crippen LogP contribution is -2.51. The number of hydrogen-bond acceptors (Lipinski definition) is 3. The number of piperidine rings is 1. The zero-order chi connectivity index (χ0) is 19.4. The molecule has 0 bridgehead atoms. The number of carbonyl (C=O) groups excluding carboxylic acids is 2. The van der Waals surface area contributed by atoms with Crippen molar-refractivity contribution in [2.45, 2.75) is 32.8 Å². The Bertz CT molecular complexity index is 832. The molecule has 27 heavy (non-hydrogen) atoms. The lowest BCUT2D eigenvalue weighted by Gasteiger charge is -2.40. The van der Waals surface area contributed by atoms with E-state index in [0.717, 1.165) is 29.5 Å². The summed E-state index contributed by atoms with van der Waals surface area (Å²) in [5, 5.41) is 9.51. The maximum Gasteiger partial charge on any atom is 0.253 e. The average Bonchev–Trinajstić information content (AvgIpc) is 2.73. The molecule has 1 aliphatic rings. The fourth-order valence-corrected chi connectivity index (χ4v) is 3.88. The number of rotatable bonds is 5. The van der Waals surface area contributed by atoms with Crippen LogP contribution in [0.25, 0.3) is 11.1 Å². The van der Waals surface area contributed by atoms with Gasteiger partial charge in [-0.05, 0) is 48.1 Å². The third-order valence-corrected chi connectivity index (χ3v) is 5.69. The molecule has 3 rings (SSSR count). The molecule has 2 aromatic rings. The van der Waals surface area contributed by atoms with E-state index < -0.39 is 5.41 Å². The zero-order valence-corrected chi connectivity index (χ0v) is 15.6. The molecular formula is C22H26N2O3. The number of amides is 2. The average molecular weight is 366 g/mol. The first-order chi connectivity index (χ1) is 13.0. The van der Waals surface area contributed by atoms with Crippen molar-refractivity contribution in [1.82, 2.24) is 4.90 Å². The van der Waals surface area contributed by atoms with Gasteiger partial charge < -0.3 is 15.7 Å². The van der Waals surface area contributed by atoms with Crippen LogP contribution in [0.3, 0.4) is 0 Å². The first kappa shape index (κ1) is 19.1. The Morgan fingerprint density at radius 3 is 2.48 bits per heavy atom. The first-order valence-electron chi connectivity index (χ1n) is 9.39. The van der Waals surface area contributed by atoms with Crippen LogP contribution in [0.15, 0.2) is 48.5 Å². The molecule has 1 fully saturated rings. The molecule has 0 unspecified atom stereocenters. The smallest absolute Gasteiger partial charge is 0.253 e. The second kappa shape index (κ2) is 7.92. The van der Waals surface area contributed by atoms with Crippen molar-refractivity contribution in [3.63, 3.8) is 0 Å². The van der Waals surface area contributed by atoms with Crippen molar-refractivity contribution in [1.29, 1.82) is 0 Å². The largest absolute Gasteiger partial charge is 0.392 e. The number of primary amides is 1. The highest BCUT2D eigenvalue weighted by atomic mass is 16.3. The molecule has 1 atom stereocenters. The van der Waals surface area contributed by atoms with Crippen molar-refractivity contribution in [2.24, 2.45) is 11.1 Å². The Labute approximate surface area is 159 Å². The van der Waals surface area contributed by atoms with Gasteiger partial charge in [0.05, 0.1) is 12.0 Å². The van der Waals surface area contributed by atoms with Crippen LogP contribution in [0.2, 0.25) is 0 Å². The molecule has 1 heterocycles. The molecule has 1 saturated heterocycles. The molecule has 0 radical (unpaired) electrons. The molecule has 2 aromatic carbocycles. The Kier molecular flexibility index (Phi) is 5.61. The first-order valence-corrected chi connectivity index (χ1v) is 9.39. The van der Waals surface area contributed by atoms with Crippen LogP contribution >= 0.6 is 0 Å². The van der Waals surface area contributed by atoms with E-state index in [1.807, 2.05) is 43.3 Å². The van der Waals surface area contributed by atoms with Crippen molar-refractivity contribution in [3.8, 4) is 11.1 Å². The number of nitrogens with two attached hydrogens (primary N) is 1. The summed E-state index contributed by atoms with van der Waals surface area (Å²) >= 11 is 0. The molecule has 3 N–H and O–H groups in total. The fourth-order valence-electron chi connectivity index (χ4n) is 3.88. The van der Waals surface area contributed by atoms with Crippen LogP contribution in [0, 0.1) is 5.41 Å². The Morgan fingerprint density at radius 1 is 1.15 bits per heavy atom. The highest BCUT2D eigenvalue weighted by Crippen LogP contribution is 2.34. The van der Waals surface area contributed by atoms with Gasteiger partial charge >= 0.3 is 0 Å². The van der Waals surface area contributed by atoms with E-state index in [9.17, 15) is 14.7 Å². The third-order valence-electron chi connectivity index (χ3n) is 5.69. The maximum absolute atomic E-state index is 12.9. The standard InChI is InChI=1S/C22H26N2O3/c1-2-22(21(23)27)12-5-13-24(15-22)20(26)17-10-8-16(9-11-17)19-7-4-3-6-18(19)14-25/h3-4,6-11,25H,2,5,12-15H2,1H3,(H2,23,27)/t22-/m1/s1. The highest BCUT2D eigenvalue weighted by Gasteiger charge is 2.40. The Balaban J connectivity index is 1.81. The summed E-state index contributed by atoms with van der Waals surface area (Å²) in [5.74, 6) is -0.394. The number of aliphatic hydroxyl groups excluding tert-OH is 1. The number of likely N-dealkylation sites (tertiary alicyclic amines) is 1. The summed E-state index contributed by atoms with van der Waals surface area (Å²) in [6.07, 6.45) is 2.16. The lowest BCUT2D eigenvalue weighted by atomic mass is 9.77. The predicted octanol–water partition coefficient (Wildman–Crippen LogP) is 2.96. The quantitative estimate of drug-likeness (QED) is 0.853. The van der Waals surface area contributed by atoms with E-state index in [4.69, 9.17) is 5.73 Å². The zero-order valence-electron chi connectivity index (χ0n) is 15.6. The normalized spacial score (nSPS) is 19.7. The molecule has 5 nitrogen and oxygen atoms in total. The van der Waals surface area contributed by atoms with Gasteiger partial charge in [-0.3, -0.25) is 9.59 Å². The van der Waals surface area contributed by atoms with Crippen LogP contribution in [0.5, 0.6) is 0 Å². The topological polar surface area (TPSA) is 83.6 Å². The molecule has 2 amide bonds. The van der Waals surface area contributed by atoms with Crippen molar-refractivity contribution < 1.29 is 14.7 Å². The van der Waals surface area contributed by atoms with Crippen LogP contribution in [0.4, 0.5) is 0 Å². The minimum Gasteiger partial charge on any atom is -0.392 e. The lowest BCUT2D eigenvalue weighted by molar-refractivity contribution is -0.130. The number of nitrogens with zero attached hydrogens (tertiary/aromatic N) is 1. The van der Waals surface area contributed by atoms with Crippen LogP contribution in [0.1, 0.15) is 42.1 Å². The van der Waals surface area contributed by atoms with Gasteiger partial charge in [0.2, 0.25) is 5.91 Å². The summed E-state index contributed by atoms with van der Waals surface area (Å²) in [5.41, 5.74) is 8.36. The molecular weight excluding hydrogens is 340 g/mol. The minimum absolute atomic E-state index is 0.0309. The fraction of sp³-hybridized carbons (Fsp3) is 0.364. The van der Waals surface area contributed by atoms with E-state index in [1.54, 1.807) is 17.0 Å². The van der Waals surface area contributed by atoms with E-state index in [2.05, 4.69) is 0 Å². The Morgan fingerprint density at radius 2 is 1.85 bits per heavy atom. The molecule has 0 aliphatic carbocycles. The van der Waals surface area contributed by atoms with Crippen LogP contribution in [-0.4, -0.2) is 34.9 Å². The van der Waals surface area contributed by atoms with Gasteiger partial charge in [-0.1, -0.05) is 43.3 Å². The third kappa shape index (κ3) is 3.74. The molecule has 0 aromatic heterocycles. The van der Waals surface area contributed by atoms with Crippen molar-refractivity contribution in [3.05, 3.63) is 59.7 Å². The Hall–Kier alpha value is -2.66. The summed E-state index contributed by atoms with van der Waals surface area (Å²) < 4.78 is 0. The number of benzene rings is 2. The van der Waals surface area contributed by atoms with Gasteiger partial charge in [0.15, 0.2) is 0 Å². The van der Waals surface area contributed by atoms with E-state index in [1.165, 1.54) is 0 Å². The van der Waals surface area contributed by atoms with Gasteiger partial charge in [0, 0.05) is 18.7 Å². The number of carbonyl (C=O) groups is 2. The van der Waals surface area contributed by atoms with E-state index >= 15 is 0 Å². The number of hydrogen-bond donors (Lipinski definition) is 2. The SMILES string of the molecule is CC[C@@]1(C(N)=O)CCCN(C(=O)c2ccc(-c3ccccc3CO)cc2)C1. The molecule has 0 spiro atoms. The van der Waals surface area contributed by atoms with E-state index in [-0.39, 0.29) is 18.4 Å². The van der Waals surface area contributed by atoms with Crippen LogP contribution in [-0.2, 0) is 11.4 Å². The van der Waals surface area contributed by atoms with Gasteiger partial charge in [0.25, 0.3) is 5.91 Å². The van der Waals surface area contributed by atoms with Gasteiger partial charge in [-0.25, -0.2) is 0 Å². The minimum atomic E-state index is -0.617. The predicted molar refractivity (Wildman–Crippen MR) is 105 cm³/mol. The van der Waals surface area contributed by atoms with Gasteiger partial charge in [-0.15, -0.1) is 0 Å². The van der Waals surface area contributed by atoms with E-state index in [0.29, 0.717) is 25.1 Å². The number of aliphatic hydroxyl groups is 1. The highest BCUT2D eigenvalue weighted by molar-refractivity contribution is 5.95. The van der Waals surface area contributed by atoms with Crippen LogP contribution < -0.4 is 5.73 Å². The summed E-state index contributed by atoms with van der Waals surface area (Å²) in [6, 6.07) is 15.1. The molecule has 0 saturated carbocycles.